The highest BCUT2D eigenvalue weighted by atomic mass is 16.5. The van der Waals surface area contributed by atoms with Gasteiger partial charge in [-0.15, -0.1) is 0 Å². The lowest BCUT2D eigenvalue weighted by Gasteiger charge is -1.99. The highest BCUT2D eigenvalue weighted by Gasteiger charge is 2.16. The zero-order valence-electron chi connectivity index (χ0n) is 10.5. The number of phenolic OH excluding ortho intramolecular Hbond substituents is 2. The normalized spacial score (nSPS) is 10.7. The van der Waals surface area contributed by atoms with Crippen molar-refractivity contribution in [3.05, 3.63) is 36.2 Å². The van der Waals surface area contributed by atoms with Gasteiger partial charge in [0.25, 0.3) is 5.89 Å². The Morgan fingerprint density at radius 2 is 1.80 bits per heavy atom. The van der Waals surface area contributed by atoms with Crippen molar-refractivity contribution < 1.29 is 14.7 Å². The Bertz CT molecular complexity index is 753. The van der Waals surface area contributed by atoms with Gasteiger partial charge < -0.3 is 14.7 Å². The molecule has 1 aromatic carbocycles. The molecule has 0 aliphatic carbocycles. The van der Waals surface area contributed by atoms with E-state index in [4.69, 9.17) is 4.52 Å². The van der Waals surface area contributed by atoms with E-state index in [-0.39, 0.29) is 28.8 Å². The minimum atomic E-state index is -0.0668. The topological polar surface area (TPSA) is 105 Å². The molecule has 0 amide bonds. The van der Waals surface area contributed by atoms with Gasteiger partial charge in [0.15, 0.2) is 0 Å². The largest absolute Gasteiger partial charge is 0.508 e. The van der Waals surface area contributed by atoms with Crippen molar-refractivity contribution in [2.75, 3.05) is 0 Å². The second-order valence-corrected chi connectivity index (χ2v) is 4.21. The molecule has 0 fully saturated rings. The Morgan fingerprint density at radius 1 is 1.05 bits per heavy atom. The number of aromatic nitrogens is 4. The summed E-state index contributed by atoms with van der Waals surface area (Å²) in [6, 6.07) is 4.04. The van der Waals surface area contributed by atoms with Crippen molar-refractivity contribution in [3.63, 3.8) is 0 Å². The smallest absolute Gasteiger partial charge is 0.262 e. The van der Waals surface area contributed by atoms with Crippen LogP contribution in [-0.4, -0.2) is 30.3 Å². The van der Waals surface area contributed by atoms with Crippen LogP contribution < -0.4 is 0 Å². The number of hydrogen-bond acceptors (Lipinski definition) is 7. The average molecular weight is 270 g/mol. The summed E-state index contributed by atoms with van der Waals surface area (Å²) in [5.41, 5.74) is 1.17. The first-order valence-electron chi connectivity index (χ1n) is 5.78. The predicted molar refractivity (Wildman–Crippen MR) is 68.8 cm³/mol. The SMILES string of the molecule is Cc1cnc(-c2noc(-c3cc(O)ccc3O)n2)nc1. The molecule has 0 unspecified atom stereocenters. The van der Waals surface area contributed by atoms with Gasteiger partial charge in [0.05, 0.1) is 5.56 Å². The molecule has 0 spiro atoms. The molecule has 0 saturated heterocycles. The van der Waals surface area contributed by atoms with Crippen LogP contribution in [0.4, 0.5) is 0 Å². The number of nitrogens with zero attached hydrogens (tertiary/aromatic N) is 4. The maximum absolute atomic E-state index is 9.73. The van der Waals surface area contributed by atoms with E-state index >= 15 is 0 Å². The van der Waals surface area contributed by atoms with Crippen molar-refractivity contribution in [1.82, 2.24) is 20.1 Å². The summed E-state index contributed by atoms with van der Waals surface area (Å²) < 4.78 is 5.06. The maximum atomic E-state index is 9.73. The summed E-state index contributed by atoms with van der Waals surface area (Å²) in [6.45, 7) is 1.87. The molecule has 7 heteroatoms. The molecule has 2 heterocycles. The lowest BCUT2D eigenvalue weighted by molar-refractivity contribution is 0.423. The van der Waals surface area contributed by atoms with Gasteiger partial charge in [0, 0.05) is 12.4 Å². The van der Waals surface area contributed by atoms with Crippen molar-refractivity contribution in [3.8, 4) is 34.6 Å². The molecule has 20 heavy (non-hydrogen) atoms. The van der Waals surface area contributed by atoms with Crippen molar-refractivity contribution >= 4 is 0 Å². The lowest BCUT2D eigenvalue weighted by Crippen LogP contribution is -1.90. The molecule has 0 bridgehead atoms. The third kappa shape index (κ3) is 2.16. The minimum absolute atomic E-state index is 0.0101. The van der Waals surface area contributed by atoms with Crippen LogP contribution in [0.3, 0.4) is 0 Å². The monoisotopic (exact) mass is 270 g/mol. The molecule has 0 radical (unpaired) electrons. The number of hydrogen-bond donors (Lipinski definition) is 2. The van der Waals surface area contributed by atoms with Gasteiger partial charge in [-0.3, -0.25) is 0 Å². The van der Waals surface area contributed by atoms with Crippen LogP contribution in [0, 0.1) is 6.92 Å². The second-order valence-electron chi connectivity index (χ2n) is 4.21. The average Bonchev–Trinajstić information content (AvgIpc) is 2.92. The van der Waals surface area contributed by atoms with Crippen LogP contribution in [0.1, 0.15) is 5.56 Å². The Kier molecular flexibility index (Phi) is 2.79. The van der Waals surface area contributed by atoms with Crippen LogP contribution in [0.5, 0.6) is 11.5 Å². The van der Waals surface area contributed by atoms with Crippen LogP contribution in [0.2, 0.25) is 0 Å². The first-order valence-corrected chi connectivity index (χ1v) is 5.78. The zero-order chi connectivity index (χ0) is 14.1. The van der Waals surface area contributed by atoms with E-state index < -0.39 is 0 Å². The van der Waals surface area contributed by atoms with Gasteiger partial charge in [0.1, 0.15) is 11.5 Å². The van der Waals surface area contributed by atoms with Crippen LogP contribution >= 0.6 is 0 Å². The lowest BCUT2D eigenvalue weighted by atomic mass is 10.2. The van der Waals surface area contributed by atoms with Crippen molar-refractivity contribution in [1.29, 1.82) is 0 Å². The highest BCUT2D eigenvalue weighted by molar-refractivity contribution is 5.65. The molecule has 0 atom stereocenters. The predicted octanol–water partition coefficient (Wildman–Crippen LogP) is 1.91. The third-order valence-electron chi connectivity index (χ3n) is 2.62. The molecular formula is C13H10N4O3. The van der Waals surface area contributed by atoms with E-state index in [9.17, 15) is 10.2 Å². The Hall–Kier alpha value is -2.96. The van der Waals surface area contributed by atoms with Crippen LogP contribution in [0.25, 0.3) is 23.1 Å². The minimum Gasteiger partial charge on any atom is -0.508 e. The Balaban J connectivity index is 2.01. The number of benzene rings is 1. The fourth-order valence-electron chi connectivity index (χ4n) is 1.63. The van der Waals surface area contributed by atoms with Crippen molar-refractivity contribution in [2.24, 2.45) is 0 Å². The molecule has 0 aliphatic heterocycles. The van der Waals surface area contributed by atoms with E-state index in [0.717, 1.165) is 5.56 Å². The number of aryl methyl sites for hydroxylation is 1. The first kappa shape index (κ1) is 12.1. The number of phenols is 2. The van der Waals surface area contributed by atoms with Gasteiger partial charge in [-0.1, -0.05) is 5.16 Å². The summed E-state index contributed by atoms with van der Waals surface area (Å²) in [6.07, 6.45) is 3.29. The molecule has 2 aromatic heterocycles. The third-order valence-corrected chi connectivity index (χ3v) is 2.62. The Labute approximate surface area is 113 Å². The molecule has 3 rings (SSSR count). The maximum Gasteiger partial charge on any atom is 0.262 e. The molecule has 3 aromatic rings. The number of rotatable bonds is 2. The summed E-state index contributed by atoms with van der Waals surface area (Å²) in [5.74, 6) is 0.539. The van der Waals surface area contributed by atoms with E-state index in [2.05, 4.69) is 20.1 Å². The first-order chi connectivity index (χ1) is 9.63. The quantitative estimate of drug-likeness (QED) is 0.685. The summed E-state index contributed by atoms with van der Waals surface area (Å²) in [5, 5.41) is 22.9. The summed E-state index contributed by atoms with van der Waals surface area (Å²) in [4.78, 5) is 12.3. The van der Waals surface area contributed by atoms with Gasteiger partial charge in [0.2, 0.25) is 11.6 Å². The molecular weight excluding hydrogens is 260 g/mol. The van der Waals surface area contributed by atoms with E-state index in [1.165, 1.54) is 18.2 Å². The standard InChI is InChI=1S/C13H10N4O3/c1-7-5-14-11(15-6-7)12-16-13(20-17-12)9-4-8(18)2-3-10(9)19/h2-6,18-19H,1H3. The Morgan fingerprint density at radius 3 is 2.55 bits per heavy atom. The van der Waals surface area contributed by atoms with Crippen LogP contribution in [-0.2, 0) is 0 Å². The molecule has 7 nitrogen and oxygen atoms in total. The van der Waals surface area contributed by atoms with Crippen molar-refractivity contribution in [2.45, 2.75) is 6.92 Å². The van der Waals surface area contributed by atoms with Gasteiger partial charge >= 0.3 is 0 Å². The second kappa shape index (κ2) is 4.61. The molecule has 0 saturated carbocycles. The number of aromatic hydroxyl groups is 2. The van der Waals surface area contributed by atoms with Crippen LogP contribution in [0.15, 0.2) is 35.1 Å². The highest BCUT2D eigenvalue weighted by Crippen LogP contribution is 2.31. The van der Waals surface area contributed by atoms with E-state index in [1.54, 1.807) is 12.4 Å². The molecule has 2 N–H and O–H groups in total. The van der Waals surface area contributed by atoms with Gasteiger partial charge in [-0.25, -0.2) is 9.97 Å². The van der Waals surface area contributed by atoms with E-state index in [0.29, 0.717) is 5.82 Å². The summed E-state index contributed by atoms with van der Waals surface area (Å²) >= 11 is 0. The molecule has 0 aliphatic rings. The van der Waals surface area contributed by atoms with Gasteiger partial charge in [-0.05, 0) is 30.7 Å². The molecule has 100 valence electrons. The van der Waals surface area contributed by atoms with E-state index in [1.807, 2.05) is 6.92 Å². The zero-order valence-corrected chi connectivity index (χ0v) is 10.5. The summed E-state index contributed by atoms with van der Waals surface area (Å²) in [7, 11) is 0. The fraction of sp³-hybridized carbons (Fsp3) is 0.0769. The van der Waals surface area contributed by atoms with Gasteiger partial charge in [-0.2, -0.15) is 4.98 Å². The fourth-order valence-corrected chi connectivity index (χ4v) is 1.63.